The van der Waals surface area contributed by atoms with Crippen LogP contribution in [0.2, 0.25) is 0 Å². The molecule has 0 aliphatic carbocycles. The summed E-state index contributed by atoms with van der Waals surface area (Å²) in [7, 11) is 0. The Labute approximate surface area is 103 Å². The van der Waals surface area contributed by atoms with Crippen molar-refractivity contribution in [1.82, 2.24) is 4.98 Å². The number of pyridine rings is 1. The van der Waals surface area contributed by atoms with Gasteiger partial charge in [-0.15, -0.1) is 11.3 Å². The van der Waals surface area contributed by atoms with Crippen molar-refractivity contribution < 1.29 is 0 Å². The molecule has 17 heavy (non-hydrogen) atoms. The topological polar surface area (TPSA) is 50.9 Å². The summed E-state index contributed by atoms with van der Waals surface area (Å²) in [5, 5.41) is 7.79. The summed E-state index contributed by atoms with van der Waals surface area (Å²) < 4.78 is 1.29. The Morgan fingerprint density at radius 3 is 2.94 bits per heavy atom. The number of hydrogen-bond acceptors (Lipinski definition) is 4. The highest BCUT2D eigenvalue weighted by atomic mass is 32.1. The Morgan fingerprint density at radius 2 is 2.06 bits per heavy atom. The molecule has 1 aromatic carbocycles. The van der Waals surface area contributed by atoms with Gasteiger partial charge < -0.3 is 11.1 Å². The second-order valence-electron chi connectivity index (χ2n) is 3.86. The van der Waals surface area contributed by atoms with E-state index < -0.39 is 0 Å². The lowest BCUT2D eigenvalue weighted by atomic mass is 10.2. The molecule has 0 unspecified atom stereocenters. The largest absolute Gasteiger partial charge is 0.368 e. The van der Waals surface area contributed by atoms with Crippen LogP contribution >= 0.6 is 11.3 Å². The molecule has 0 radical (unpaired) electrons. The Bertz CT molecular complexity index is 660. The van der Waals surface area contributed by atoms with Crippen LogP contribution in [-0.2, 0) is 0 Å². The van der Waals surface area contributed by atoms with E-state index in [0.717, 1.165) is 17.9 Å². The fraction of sp³-hybridized carbons (Fsp3) is 0.154. The first-order valence-electron chi connectivity index (χ1n) is 5.60. The lowest BCUT2D eigenvalue weighted by Crippen LogP contribution is -2.14. The second kappa shape index (κ2) is 4.31. The van der Waals surface area contributed by atoms with Gasteiger partial charge in [-0.1, -0.05) is 18.2 Å². The third-order valence-corrected chi connectivity index (χ3v) is 3.69. The first kappa shape index (κ1) is 10.5. The van der Waals surface area contributed by atoms with Crippen LogP contribution in [-0.4, -0.2) is 18.1 Å². The zero-order valence-corrected chi connectivity index (χ0v) is 10.1. The van der Waals surface area contributed by atoms with Crippen molar-refractivity contribution >= 4 is 38.1 Å². The molecule has 2 heterocycles. The van der Waals surface area contributed by atoms with Crippen LogP contribution < -0.4 is 11.1 Å². The van der Waals surface area contributed by atoms with Gasteiger partial charge in [0.15, 0.2) is 0 Å². The van der Waals surface area contributed by atoms with Gasteiger partial charge in [0.25, 0.3) is 0 Å². The van der Waals surface area contributed by atoms with Crippen LogP contribution in [0.4, 0.5) is 5.82 Å². The number of rotatable bonds is 3. The second-order valence-corrected chi connectivity index (χ2v) is 4.77. The van der Waals surface area contributed by atoms with E-state index in [1.54, 1.807) is 11.3 Å². The Morgan fingerprint density at radius 1 is 1.18 bits per heavy atom. The molecule has 3 aromatic rings. The van der Waals surface area contributed by atoms with Gasteiger partial charge in [0.05, 0.1) is 5.52 Å². The highest BCUT2D eigenvalue weighted by Crippen LogP contribution is 2.32. The average molecular weight is 243 g/mol. The fourth-order valence-electron chi connectivity index (χ4n) is 1.97. The van der Waals surface area contributed by atoms with Crippen LogP contribution in [0.25, 0.3) is 21.0 Å². The Hall–Kier alpha value is -1.65. The van der Waals surface area contributed by atoms with Gasteiger partial charge in [-0.05, 0) is 17.5 Å². The summed E-state index contributed by atoms with van der Waals surface area (Å²) >= 11 is 1.75. The number of para-hydroxylation sites is 1. The van der Waals surface area contributed by atoms with E-state index in [1.807, 2.05) is 12.1 Å². The third kappa shape index (κ3) is 1.75. The maximum absolute atomic E-state index is 5.52. The normalized spacial score (nSPS) is 11.1. The number of nitrogens with two attached hydrogens (primary N) is 1. The molecule has 3 nitrogen and oxygen atoms in total. The Balaban J connectivity index is 2.28. The van der Waals surface area contributed by atoms with Gasteiger partial charge in [0.1, 0.15) is 5.82 Å². The van der Waals surface area contributed by atoms with Crippen LogP contribution in [0.15, 0.2) is 35.7 Å². The molecule has 0 fully saturated rings. The number of hydrogen-bond donors (Lipinski definition) is 2. The zero-order chi connectivity index (χ0) is 11.7. The quantitative estimate of drug-likeness (QED) is 0.743. The lowest BCUT2D eigenvalue weighted by molar-refractivity contribution is 1.02. The number of benzene rings is 1. The third-order valence-electron chi connectivity index (χ3n) is 2.74. The van der Waals surface area contributed by atoms with E-state index in [1.165, 1.54) is 15.5 Å². The molecule has 4 heteroatoms. The minimum absolute atomic E-state index is 0.611. The maximum Gasteiger partial charge on any atom is 0.135 e. The predicted molar refractivity (Wildman–Crippen MR) is 74.7 cm³/mol. The smallest absolute Gasteiger partial charge is 0.135 e. The molecule has 0 atom stereocenters. The van der Waals surface area contributed by atoms with Crippen molar-refractivity contribution in [3.63, 3.8) is 0 Å². The van der Waals surface area contributed by atoms with Gasteiger partial charge in [-0.3, -0.25) is 0 Å². The minimum Gasteiger partial charge on any atom is -0.368 e. The molecular weight excluding hydrogens is 230 g/mol. The van der Waals surface area contributed by atoms with Crippen molar-refractivity contribution in [3.05, 3.63) is 35.7 Å². The molecule has 86 valence electrons. The number of nitrogens with one attached hydrogen (secondary N) is 1. The molecule has 0 saturated carbocycles. The SMILES string of the molecule is NCCNc1nc2ccccc2c2sccc12. The molecule has 0 aliphatic rings. The predicted octanol–water partition coefficient (Wildman–Crippen LogP) is 2.82. The van der Waals surface area contributed by atoms with Crippen molar-refractivity contribution in [1.29, 1.82) is 0 Å². The standard InChI is InChI=1S/C13H13N3S/c14-6-7-15-13-10-5-8-17-12(10)9-3-1-2-4-11(9)16-13/h1-5,8H,6-7,14H2,(H,15,16). The van der Waals surface area contributed by atoms with E-state index in [4.69, 9.17) is 5.73 Å². The number of nitrogens with zero attached hydrogens (tertiary/aromatic N) is 1. The molecule has 3 rings (SSSR count). The van der Waals surface area contributed by atoms with Crippen molar-refractivity contribution in [2.75, 3.05) is 18.4 Å². The Kier molecular flexibility index (Phi) is 2.66. The van der Waals surface area contributed by atoms with Crippen LogP contribution in [0.1, 0.15) is 0 Å². The highest BCUT2D eigenvalue weighted by Gasteiger charge is 2.08. The molecule has 2 aromatic heterocycles. The molecule has 0 saturated heterocycles. The summed E-state index contributed by atoms with van der Waals surface area (Å²) in [6, 6.07) is 10.3. The molecule has 0 amide bonds. The first-order chi connectivity index (χ1) is 8.40. The molecule has 3 N–H and O–H groups in total. The monoisotopic (exact) mass is 243 g/mol. The van der Waals surface area contributed by atoms with Gasteiger partial charge in [-0.2, -0.15) is 0 Å². The van der Waals surface area contributed by atoms with E-state index in [9.17, 15) is 0 Å². The van der Waals surface area contributed by atoms with Gasteiger partial charge in [0.2, 0.25) is 0 Å². The van der Waals surface area contributed by atoms with E-state index in [2.05, 4.69) is 33.9 Å². The summed E-state index contributed by atoms with van der Waals surface area (Å²) in [5.74, 6) is 0.936. The summed E-state index contributed by atoms with van der Waals surface area (Å²) in [4.78, 5) is 4.65. The molecule has 0 bridgehead atoms. The molecular formula is C13H13N3S. The van der Waals surface area contributed by atoms with Crippen LogP contribution in [0, 0.1) is 0 Å². The number of anilines is 1. The maximum atomic E-state index is 5.52. The average Bonchev–Trinajstić information content (AvgIpc) is 2.85. The van der Waals surface area contributed by atoms with E-state index in [-0.39, 0.29) is 0 Å². The summed E-state index contributed by atoms with van der Waals surface area (Å²) in [5.41, 5.74) is 6.55. The highest BCUT2D eigenvalue weighted by molar-refractivity contribution is 7.18. The zero-order valence-electron chi connectivity index (χ0n) is 9.31. The summed E-state index contributed by atoms with van der Waals surface area (Å²) in [6.45, 7) is 1.36. The lowest BCUT2D eigenvalue weighted by Gasteiger charge is -2.07. The van der Waals surface area contributed by atoms with Gasteiger partial charge in [0, 0.05) is 28.6 Å². The van der Waals surface area contributed by atoms with E-state index >= 15 is 0 Å². The van der Waals surface area contributed by atoms with Crippen LogP contribution in [0.3, 0.4) is 0 Å². The van der Waals surface area contributed by atoms with Crippen molar-refractivity contribution in [2.24, 2.45) is 5.73 Å². The molecule has 0 spiro atoms. The summed E-state index contributed by atoms with van der Waals surface area (Å²) in [6.07, 6.45) is 0. The fourth-order valence-corrected chi connectivity index (χ4v) is 2.90. The minimum atomic E-state index is 0.611. The number of fused-ring (bicyclic) bond motifs is 3. The number of thiophene rings is 1. The van der Waals surface area contributed by atoms with Gasteiger partial charge in [-0.25, -0.2) is 4.98 Å². The van der Waals surface area contributed by atoms with E-state index in [0.29, 0.717) is 6.54 Å². The van der Waals surface area contributed by atoms with Crippen molar-refractivity contribution in [2.45, 2.75) is 0 Å². The molecule has 0 aliphatic heterocycles. The number of aromatic nitrogens is 1. The first-order valence-corrected chi connectivity index (χ1v) is 6.48. The van der Waals surface area contributed by atoms with Crippen LogP contribution in [0.5, 0.6) is 0 Å². The van der Waals surface area contributed by atoms with Crippen molar-refractivity contribution in [3.8, 4) is 0 Å². The van der Waals surface area contributed by atoms with Gasteiger partial charge >= 0.3 is 0 Å².